The van der Waals surface area contributed by atoms with Gasteiger partial charge in [0.2, 0.25) is 5.91 Å². The van der Waals surface area contributed by atoms with Gasteiger partial charge in [0, 0.05) is 22.0 Å². The van der Waals surface area contributed by atoms with Gasteiger partial charge in [-0.25, -0.2) is 0 Å². The van der Waals surface area contributed by atoms with Gasteiger partial charge in [0.1, 0.15) is 0 Å². The lowest BCUT2D eigenvalue weighted by Gasteiger charge is -2.30. The highest BCUT2D eigenvalue weighted by molar-refractivity contribution is 8.03. The Labute approximate surface area is 190 Å². The lowest BCUT2D eigenvalue weighted by Crippen LogP contribution is -2.31. The molecule has 0 unspecified atom stereocenters. The van der Waals surface area contributed by atoms with Crippen molar-refractivity contribution >= 4 is 40.9 Å². The topological polar surface area (TPSA) is 108 Å². The number of allylic oxidation sites excluding steroid dienone is 2. The average molecular weight is 453 g/mol. The fraction of sp³-hybridized carbons (Fsp3) is 0.174. The number of nitrogens with zero attached hydrogens (tertiary/aromatic N) is 1. The van der Waals surface area contributed by atoms with Gasteiger partial charge in [-0.3, -0.25) is 9.59 Å². The number of rotatable bonds is 6. The molecule has 3 rings (SSSR count). The average Bonchev–Trinajstić information content (AvgIpc) is 2.73. The van der Waals surface area contributed by atoms with Crippen LogP contribution in [0.2, 0.25) is 5.02 Å². The third kappa shape index (κ3) is 4.93. The monoisotopic (exact) mass is 452 g/mol. The summed E-state index contributed by atoms with van der Waals surface area (Å²) >= 11 is 7.60. The molecule has 1 aliphatic heterocycles. The van der Waals surface area contributed by atoms with Crippen LogP contribution in [0.5, 0.6) is 0 Å². The molecule has 0 fully saturated rings. The highest BCUT2D eigenvalue weighted by atomic mass is 35.5. The number of amides is 2. The lowest BCUT2D eigenvalue weighted by molar-refractivity contribution is -0.115. The maximum Gasteiger partial charge on any atom is 0.254 e. The van der Waals surface area contributed by atoms with E-state index in [1.54, 1.807) is 31.2 Å². The molecule has 158 valence electrons. The third-order valence-corrected chi connectivity index (χ3v) is 6.24. The fourth-order valence-corrected chi connectivity index (χ4v) is 4.47. The van der Waals surface area contributed by atoms with Crippen LogP contribution in [-0.4, -0.2) is 17.6 Å². The molecular weight excluding hydrogens is 432 g/mol. The second-order valence-electron chi connectivity index (χ2n) is 7.00. The van der Waals surface area contributed by atoms with Gasteiger partial charge in [0.15, 0.2) is 0 Å². The number of hydrogen-bond donors (Lipinski definition) is 3. The first-order valence-corrected chi connectivity index (χ1v) is 10.8. The zero-order valence-corrected chi connectivity index (χ0v) is 18.6. The van der Waals surface area contributed by atoms with E-state index in [0.29, 0.717) is 38.1 Å². The maximum atomic E-state index is 13.4. The van der Waals surface area contributed by atoms with Crippen molar-refractivity contribution in [3.05, 3.63) is 86.6 Å². The minimum Gasteiger partial charge on any atom is -0.369 e. The van der Waals surface area contributed by atoms with Crippen molar-refractivity contribution in [3.63, 3.8) is 0 Å². The molecule has 6 nitrogen and oxygen atoms in total. The second-order valence-corrected chi connectivity index (χ2v) is 8.39. The molecule has 2 aromatic carbocycles. The van der Waals surface area contributed by atoms with E-state index >= 15 is 0 Å². The molecule has 0 bridgehead atoms. The van der Waals surface area contributed by atoms with Crippen LogP contribution in [0.25, 0.3) is 0 Å². The molecule has 0 saturated heterocycles. The molecule has 1 heterocycles. The number of thioether (sulfide) groups is 1. The molecule has 8 heteroatoms. The van der Waals surface area contributed by atoms with Crippen LogP contribution in [0.15, 0.2) is 70.4 Å². The van der Waals surface area contributed by atoms with Gasteiger partial charge in [0.05, 0.1) is 28.3 Å². The number of anilines is 1. The van der Waals surface area contributed by atoms with E-state index < -0.39 is 11.8 Å². The van der Waals surface area contributed by atoms with Crippen LogP contribution in [0.4, 0.5) is 5.69 Å². The molecule has 2 aromatic rings. The summed E-state index contributed by atoms with van der Waals surface area (Å²) in [6.45, 7) is 3.66. The predicted molar refractivity (Wildman–Crippen MR) is 124 cm³/mol. The number of halogens is 1. The molecule has 0 aromatic heterocycles. The van der Waals surface area contributed by atoms with Gasteiger partial charge in [-0.05, 0) is 37.1 Å². The molecule has 1 atom stereocenters. The third-order valence-electron chi connectivity index (χ3n) is 4.86. The van der Waals surface area contributed by atoms with Crippen molar-refractivity contribution in [1.82, 2.24) is 5.32 Å². The first kappa shape index (κ1) is 22.5. The minimum absolute atomic E-state index is 0.000769. The van der Waals surface area contributed by atoms with Gasteiger partial charge in [-0.1, -0.05) is 59.8 Å². The van der Waals surface area contributed by atoms with Gasteiger partial charge < -0.3 is 16.4 Å². The van der Waals surface area contributed by atoms with Crippen LogP contribution < -0.4 is 16.4 Å². The number of carbonyl (C=O) groups is 2. The van der Waals surface area contributed by atoms with Crippen molar-refractivity contribution in [2.24, 2.45) is 5.73 Å². The molecule has 1 aliphatic rings. The molecule has 31 heavy (non-hydrogen) atoms. The summed E-state index contributed by atoms with van der Waals surface area (Å²) in [6.07, 6.45) is 0. The Kier molecular flexibility index (Phi) is 7.06. The van der Waals surface area contributed by atoms with Crippen LogP contribution in [0, 0.1) is 18.3 Å². The van der Waals surface area contributed by atoms with Crippen molar-refractivity contribution < 1.29 is 9.59 Å². The standard InChI is InChI=1S/C23H21ClN4O2S/c1-13-7-3-6-10-18(13)28-22(30)20-14(2)27-23(31-12-19(26)29)16(11-25)21(20)15-8-4-5-9-17(15)24/h3-10,21,27H,12H2,1-2H3,(H2,26,29)(H,28,30)/t21-/m1/s1. The number of nitrogens with two attached hydrogens (primary N) is 1. The molecular formula is C23H21ClN4O2S. The molecule has 0 saturated carbocycles. The quantitative estimate of drug-likeness (QED) is 0.608. The summed E-state index contributed by atoms with van der Waals surface area (Å²) in [5.41, 5.74) is 8.78. The van der Waals surface area contributed by atoms with Crippen LogP contribution in [0.1, 0.15) is 24.0 Å². The number of dihydropyridines is 1. The van der Waals surface area contributed by atoms with Crippen molar-refractivity contribution in [1.29, 1.82) is 5.26 Å². The number of aryl methyl sites for hydroxylation is 1. The molecule has 2 amide bonds. The van der Waals surface area contributed by atoms with Crippen LogP contribution in [0.3, 0.4) is 0 Å². The Balaban J connectivity index is 2.10. The Bertz CT molecular complexity index is 1150. The number of para-hydroxylation sites is 1. The van der Waals surface area contributed by atoms with E-state index in [0.717, 1.165) is 17.3 Å². The first-order valence-electron chi connectivity index (χ1n) is 9.48. The summed E-state index contributed by atoms with van der Waals surface area (Å²) in [5, 5.41) is 17.0. The van der Waals surface area contributed by atoms with Crippen molar-refractivity contribution in [2.45, 2.75) is 19.8 Å². The smallest absolute Gasteiger partial charge is 0.254 e. The Hall–Kier alpha value is -3.21. The van der Waals surface area contributed by atoms with Crippen LogP contribution >= 0.6 is 23.4 Å². The largest absolute Gasteiger partial charge is 0.369 e. The Morgan fingerprint density at radius 1 is 1.19 bits per heavy atom. The number of primary amides is 1. The normalized spacial score (nSPS) is 15.9. The zero-order chi connectivity index (χ0) is 22.5. The maximum absolute atomic E-state index is 13.4. The highest BCUT2D eigenvalue weighted by Gasteiger charge is 2.35. The summed E-state index contributed by atoms with van der Waals surface area (Å²) in [6, 6.07) is 16.8. The van der Waals surface area contributed by atoms with Crippen LogP contribution in [-0.2, 0) is 9.59 Å². The van der Waals surface area contributed by atoms with E-state index in [1.807, 2.05) is 31.2 Å². The molecule has 0 aliphatic carbocycles. The summed E-state index contributed by atoms with van der Waals surface area (Å²) in [4.78, 5) is 24.7. The fourth-order valence-electron chi connectivity index (χ4n) is 3.39. The van der Waals surface area contributed by atoms with Crippen molar-refractivity contribution in [3.8, 4) is 6.07 Å². The Morgan fingerprint density at radius 3 is 2.52 bits per heavy atom. The Morgan fingerprint density at radius 2 is 1.87 bits per heavy atom. The number of nitrogens with one attached hydrogen (secondary N) is 2. The molecule has 4 N–H and O–H groups in total. The number of nitriles is 1. The van der Waals surface area contributed by atoms with Crippen molar-refractivity contribution in [2.75, 3.05) is 11.1 Å². The highest BCUT2D eigenvalue weighted by Crippen LogP contribution is 2.43. The van der Waals surface area contributed by atoms with E-state index in [1.165, 1.54) is 0 Å². The van der Waals surface area contributed by atoms with E-state index in [9.17, 15) is 14.9 Å². The van der Waals surface area contributed by atoms with Gasteiger partial charge >= 0.3 is 0 Å². The van der Waals surface area contributed by atoms with Gasteiger partial charge in [0.25, 0.3) is 5.91 Å². The van der Waals surface area contributed by atoms with E-state index in [4.69, 9.17) is 17.3 Å². The second kappa shape index (κ2) is 9.73. The molecule has 0 radical (unpaired) electrons. The summed E-state index contributed by atoms with van der Waals surface area (Å²) in [7, 11) is 0. The zero-order valence-electron chi connectivity index (χ0n) is 17.0. The number of carbonyl (C=O) groups excluding carboxylic acids is 2. The van der Waals surface area contributed by atoms with E-state index in [-0.39, 0.29) is 11.7 Å². The summed E-state index contributed by atoms with van der Waals surface area (Å²) < 4.78 is 0. The van der Waals surface area contributed by atoms with E-state index in [2.05, 4.69) is 16.7 Å². The lowest BCUT2D eigenvalue weighted by atomic mass is 9.82. The first-order chi connectivity index (χ1) is 14.8. The SMILES string of the molecule is CC1=C(C(=O)Nc2ccccc2C)[C@H](c2ccccc2Cl)C(C#N)=C(SCC(N)=O)N1. The number of hydrogen-bond acceptors (Lipinski definition) is 5. The molecule has 0 spiro atoms. The predicted octanol–water partition coefficient (Wildman–Crippen LogP) is 4.20. The van der Waals surface area contributed by atoms with Gasteiger partial charge in [-0.2, -0.15) is 5.26 Å². The number of benzene rings is 2. The minimum atomic E-state index is -0.695. The summed E-state index contributed by atoms with van der Waals surface area (Å²) in [5.74, 6) is -1.54. The van der Waals surface area contributed by atoms with Gasteiger partial charge in [-0.15, -0.1) is 0 Å².